The lowest BCUT2D eigenvalue weighted by Gasteiger charge is -2.07. The van der Waals surface area contributed by atoms with Crippen molar-refractivity contribution in [3.8, 4) is 0 Å². The van der Waals surface area contributed by atoms with E-state index in [9.17, 15) is 13.2 Å². The van der Waals surface area contributed by atoms with Crippen LogP contribution in [0.2, 0.25) is 0 Å². The molecule has 1 rings (SSSR count). The van der Waals surface area contributed by atoms with Gasteiger partial charge in [0, 0.05) is 25.6 Å². The fourth-order valence-electron chi connectivity index (χ4n) is 1.19. The van der Waals surface area contributed by atoms with E-state index in [0.717, 1.165) is 13.1 Å². The summed E-state index contributed by atoms with van der Waals surface area (Å²) in [5, 5.41) is 6.26. The summed E-state index contributed by atoms with van der Waals surface area (Å²) >= 11 is 0. The molecule has 0 radical (unpaired) electrons. The van der Waals surface area contributed by atoms with Gasteiger partial charge in [0.2, 0.25) is 0 Å². The fourth-order valence-corrected chi connectivity index (χ4v) is 1.19. The average Bonchev–Trinajstić information content (AvgIpc) is 2.84. The van der Waals surface area contributed by atoms with Crippen molar-refractivity contribution in [3.05, 3.63) is 0 Å². The smallest absolute Gasteiger partial charge is 0.315 e. The van der Waals surface area contributed by atoms with Gasteiger partial charge in [-0.3, -0.25) is 0 Å². The first kappa shape index (κ1) is 11.8. The van der Waals surface area contributed by atoms with E-state index in [-0.39, 0.29) is 6.42 Å². The molecule has 0 aromatic heterocycles. The van der Waals surface area contributed by atoms with Crippen molar-refractivity contribution in [2.75, 3.05) is 19.6 Å². The van der Waals surface area contributed by atoms with Crippen molar-refractivity contribution in [1.82, 2.24) is 10.6 Å². The maximum absolute atomic E-state index is 11.7. The summed E-state index contributed by atoms with van der Waals surface area (Å²) in [5.74, 6) is 0. The molecule has 0 unspecified atom stereocenters. The SMILES string of the molecule is FC(F)(F)CCCNCCNC1CC1. The zero-order valence-corrected chi connectivity index (χ0v) is 8.16. The largest absolute Gasteiger partial charge is 0.389 e. The first-order chi connectivity index (χ1) is 6.58. The van der Waals surface area contributed by atoms with E-state index in [4.69, 9.17) is 0 Å². The molecule has 1 saturated carbocycles. The van der Waals surface area contributed by atoms with Gasteiger partial charge in [0.25, 0.3) is 0 Å². The van der Waals surface area contributed by atoms with Crippen LogP contribution in [0.3, 0.4) is 0 Å². The van der Waals surface area contributed by atoms with Gasteiger partial charge in [-0.25, -0.2) is 0 Å². The summed E-state index contributed by atoms with van der Waals surface area (Å²) in [6.07, 6.45) is -2.03. The van der Waals surface area contributed by atoms with Crippen LogP contribution in [-0.4, -0.2) is 31.9 Å². The second-order valence-electron chi connectivity index (χ2n) is 3.70. The Labute approximate surface area is 82.2 Å². The Morgan fingerprint density at radius 2 is 1.79 bits per heavy atom. The van der Waals surface area contributed by atoms with Crippen LogP contribution < -0.4 is 10.6 Å². The third kappa shape index (κ3) is 7.15. The van der Waals surface area contributed by atoms with Gasteiger partial charge in [0.05, 0.1) is 0 Å². The lowest BCUT2D eigenvalue weighted by Crippen LogP contribution is -2.29. The zero-order chi connectivity index (χ0) is 10.4. The molecule has 0 aromatic rings. The van der Waals surface area contributed by atoms with E-state index < -0.39 is 12.6 Å². The molecule has 1 aliphatic carbocycles. The summed E-state index contributed by atoms with van der Waals surface area (Å²) in [6, 6.07) is 0.673. The number of hydrogen-bond donors (Lipinski definition) is 2. The van der Waals surface area contributed by atoms with Crippen LogP contribution in [0.1, 0.15) is 25.7 Å². The predicted molar refractivity (Wildman–Crippen MR) is 49.2 cm³/mol. The maximum atomic E-state index is 11.7. The van der Waals surface area contributed by atoms with Gasteiger partial charge in [-0.05, 0) is 25.8 Å². The lowest BCUT2D eigenvalue weighted by molar-refractivity contribution is -0.135. The van der Waals surface area contributed by atoms with Crippen LogP contribution in [0.25, 0.3) is 0 Å². The van der Waals surface area contributed by atoms with Crippen LogP contribution in [-0.2, 0) is 0 Å². The maximum Gasteiger partial charge on any atom is 0.389 e. The molecule has 1 fully saturated rings. The molecule has 0 aliphatic heterocycles. The van der Waals surface area contributed by atoms with Crippen LogP contribution in [0.4, 0.5) is 13.2 Å². The Hall–Kier alpha value is -0.290. The van der Waals surface area contributed by atoms with Gasteiger partial charge >= 0.3 is 6.18 Å². The summed E-state index contributed by atoms with van der Waals surface area (Å²) in [4.78, 5) is 0. The van der Waals surface area contributed by atoms with Gasteiger partial charge in [0.15, 0.2) is 0 Å². The number of hydrogen-bond acceptors (Lipinski definition) is 2. The summed E-state index contributed by atoms with van der Waals surface area (Å²) < 4.78 is 35.1. The highest BCUT2D eigenvalue weighted by atomic mass is 19.4. The first-order valence-corrected chi connectivity index (χ1v) is 5.09. The highest BCUT2D eigenvalue weighted by molar-refractivity contribution is 4.80. The molecule has 2 nitrogen and oxygen atoms in total. The number of halogens is 3. The number of alkyl halides is 3. The van der Waals surface area contributed by atoms with Crippen molar-refractivity contribution in [3.63, 3.8) is 0 Å². The van der Waals surface area contributed by atoms with E-state index in [1.807, 2.05) is 0 Å². The van der Waals surface area contributed by atoms with Crippen molar-refractivity contribution in [2.45, 2.75) is 37.9 Å². The molecule has 0 atom stereocenters. The van der Waals surface area contributed by atoms with Crippen molar-refractivity contribution in [1.29, 1.82) is 0 Å². The Kier molecular flexibility index (Phi) is 4.68. The topological polar surface area (TPSA) is 24.1 Å². The van der Waals surface area contributed by atoms with Crippen molar-refractivity contribution >= 4 is 0 Å². The van der Waals surface area contributed by atoms with Gasteiger partial charge in [-0.1, -0.05) is 0 Å². The molecule has 0 aromatic carbocycles. The normalized spacial score (nSPS) is 17.4. The Bertz CT molecular complexity index is 155. The molecule has 0 spiro atoms. The molecule has 0 amide bonds. The summed E-state index contributed by atoms with van der Waals surface area (Å²) in [7, 11) is 0. The quantitative estimate of drug-likeness (QED) is 0.625. The van der Waals surface area contributed by atoms with Crippen LogP contribution >= 0.6 is 0 Å². The van der Waals surface area contributed by atoms with E-state index in [1.54, 1.807) is 0 Å². The minimum atomic E-state index is -4.01. The minimum Gasteiger partial charge on any atom is -0.315 e. The zero-order valence-electron chi connectivity index (χ0n) is 8.16. The van der Waals surface area contributed by atoms with Gasteiger partial charge in [0.1, 0.15) is 0 Å². The molecule has 0 heterocycles. The van der Waals surface area contributed by atoms with E-state index >= 15 is 0 Å². The molecule has 1 aliphatic rings. The Morgan fingerprint density at radius 1 is 1.07 bits per heavy atom. The second-order valence-corrected chi connectivity index (χ2v) is 3.70. The molecule has 2 N–H and O–H groups in total. The molecular weight excluding hydrogens is 193 g/mol. The second kappa shape index (κ2) is 5.56. The summed E-state index contributed by atoms with van der Waals surface area (Å²) in [6.45, 7) is 2.07. The molecule has 0 bridgehead atoms. The number of rotatable bonds is 7. The van der Waals surface area contributed by atoms with Gasteiger partial charge in [-0.15, -0.1) is 0 Å². The minimum absolute atomic E-state index is 0.174. The number of nitrogens with one attached hydrogen (secondary N) is 2. The highest BCUT2D eigenvalue weighted by Gasteiger charge is 2.25. The van der Waals surface area contributed by atoms with Gasteiger partial charge < -0.3 is 10.6 Å². The van der Waals surface area contributed by atoms with Crippen LogP contribution in [0.5, 0.6) is 0 Å². The molecular formula is C9H17F3N2. The Balaban J connectivity index is 1.75. The first-order valence-electron chi connectivity index (χ1n) is 5.09. The third-order valence-corrected chi connectivity index (χ3v) is 2.13. The molecule has 14 heavy (non-hydrogen) atoms. The van der Waals surface area contributed by atoms with E-state index in [0.29, 0.717) is 12.6 Å². The molecule has 5 heteroatoms. The average molecular weight is 210 g/mol. The molecule has 0 saturated heterocycles. The highest BCUT2D eigenvalue weighted by Crippen LogP contribution is 2.20. The predicted octanol–water partition coefficient (Wildman–Crippen LogP) is 1.67. The monoisotopic (exact) mass is 210 g/mol. The lowest BCUT2D eigenvalue weighted by atomic mass is 10.3. The van der Waals surface area contributed by atoms with E-state index in [1.165, 1.54) is 12.8 Å². The fraction of sp³-hybridized carbons (Fsp3) is 1.00. The summed E-state index contributed by atoms with van der Waals surface area (Å²) in [5.41, 5.74) is 0. The standard InChI is InChI=1S/C9H17F3N2/c10-9(11,12)4-1-5-13-6-7-14-8-2-3-8/h8,13-14H,1-7H2. The van der Waals surface area contributed by atoms with E-state index in [2.05, 4.69) is 10.6 Å². The van der Waals surface area contributed by atoms with Gasteiger partial charge in [-0.2, -0.15) is 13.2 Å². The van der Waals surface area contributed by atoms with Crippen molar-refractivity contribution < 1.29 is 13.2 Å². The van der Waals surface area contributed by atoms with Crippen LogP contribution in [0, 0.1) is 0 Å². The van der Waals surface area contributed by atoms with Crippen molar-refractivity contribution in [2.24, 2.45) is 0 Å². The van der Waals surface area contributed by atoms with Crippen LogP contribution in [0.15, 0.2) is 0 Å². The Morgan fingerprint density at radius 3 is 2.36 bits per heavy atom. The molecule has 84 valence electrons. The third-order valence-electron chi connectivity index (χ3n) is 2.13.